The second kappa shape index (κ2) is 10.3. The second-order valence-corrected chi connectivity index (χ2v) is 10.4. The number of ether oxygens (including phenoxy) is 4. The van der Waals surface area contributed by atoms with Gasteiger partial charge in [0.2, 0.25) is 0 Å². The van der Waals surface area contributed by atoms with Gasteiger partial charge in [-0.25, -0.2) is 0 Å². The van der Waals surface area contributed by atoms with Gasteiger partial charge in [-0.3, -0.25) is 0 Å². The zero-order valence-corrected chi connectivity index (χ0v) is 19.2. The Hall–Kier alpha value is -2.02. The maximum absolute atomic E-state index is 11.3. The summed E-state index contributed by atoms with van der Waals surface area (Å²) in [6.45, 7) is 0.792. The molecule has 6 atom stereocenters. The molecule has 0 aromatic heterocycles. The summed E-state index contributed by atoms with van der Waals surface area (Å²) in [5.41, 5.74) is 2.00. The van der Waals surface area contributed by atoms with Gasteiger partial charge in [-0.1, -0.05) is 0 Å². The molecule has 2 aliphatic heterocycles. The van der Waals surface area contributed by atoms with Gasteiger partial charge in [0, 0.05) is 0 Å². The molecule has 0 radical (unpaired) electrons. The molecule has 6 heteroatoms. The number of hydrogen-bond acceptors (Lipinski definition) is 5. The van der Waals surface area contributed by atoms with E-state index >= 15 is 0 Å². The fourth-order valence-corrected chi connectivity index (χ4v) is 6.29. The van der Waals surface area contributed by atoms with E-state index in [0.29, 0.717) is 13.2 Å². The Kier molecular flexibility index (Phi) is 7.00. The molecule has 5 nitrogen and oxygen atoms in total. The molecule has 3 aromatic carbocycles. The summed E-state index contributed by atoms with van der Waals surface area (Å²) in [5.74, 6) is 0. The van der Waals surface area contributed by atoms with Gasteiger partial charge in [0.1, 0.15) is 0 Å². The monoisotopic (exact) mass is 498 g/mol. The van der Waals surface area contributed by atoms with E-state index in [1.807, 2.05) is 78.9 Å². The van der Waals surface area contributed by atoms with Gasteiger partial charge in [-0.05, 0) is 0 Å². The average Bonchev–Trinajstić information content (AvgIpc) is 2.86. The van der Waals surface area contributed by atoms with E-state index < -0.39 is 24.6 Å². The first kappa shape index (κ1) is 21.8. The molecule has 2 fully saturated rings. The van der Waals surface area contributed by atoms with Crippen LogP contribution in [0.3, 0.4) is 0 Å². The van der Waals surface area contributed by atoms with Crippen LogP contribution in [0.5, 0.6) is 0 Å². The van der Waals surface area contributed by atoms with Crippen LogP contribution in [-0.4, -0.2) is 56.1 Å². The number of rotatable bonds is 6. The Labute approximate surface area is 194 Å². The zero-order valence-electron chi connectivity index (χ0n) is 17.5. The summed E-state index contributed by atoms with van der Waals surface area (Å²) < 4.78 is 26.1. The number of benzene rings is 3. The first-order chi connectivity index (χ1) is 15.8. The predicted octanol–water partition coefficient (Wildman–Crippen LogP) is 2.80. The van der Waals surface area contributed by atoms with Gasteiger partial charge in [-0.2, -0.15) is 0 Å². The summed E-state index contributed by atoms with van der Waals surface area (Å²) in [7, 11) is 0. The second-order valence-electron chi connectivity index (χ2n) is 7.90. The molecule has 2 aliphatic rings. The number of aliphatic hydroxyl groups excluding tert-OH is 1. The van der Waals surface area contributed by atoms with E-state index in [9.17, 15) is 5.11 Å². The number of fused-ring (bicyclic) bond motifs is 1. The fraction of sp³-hybridized carbons (Fsp3) is 0.308. The predicted molar refractivity (Wildman–Crippen MR) is 122 cm³/mol. The Balaban J connectivity index is 1.36. The first-order valence-corrected chi connectivity index (χ1v) is 12.7. The third-order valence-electron chi connectivity index (χ3n) is 5.66. The molecule has 32 heavy (non-hydrogen) atoms. The van der Waals surface area contributed by atoms with Crippen LogP contribution in [-0.2, 0) is 25.6 Å². The third kappa shape index (κ3) is 4.98. The molecule has 0 unspecified atom stereocenters. The van der Waals surface area contributed by atoms with Crippen LogP contribution in [0.25, 0.3) is 0 Å². The summed E-state index contributed by atoms with van der Waals surface area (Å²) in [5, 5.41) is 11.0. The van der Waals surface area contributed by atoms with E-state index in [4.69, 9.17) is 18.9 Å². The average molecular weight is 497 g/mol. The van der Waals surface area contributed by atoms with Crippen LogP contribution in [0, 0.1) is 0 Å². The van der Waals surface area contributed by atoms with Crippen molar-refractivity contribution < 1.29 is 24.1 Å². The van der Waals surface area contributed by atoms with Crippen molar-refractivity contribution >= 4 is 19.4 Å². The minimum absolute atomic E-state index is 0.0731. The Morgan fingerprint density at radius 3 is 2.22 bits per heavy atom. The molecule has 166 valence electrons. The molecule has 1 N–H and O–H groups in total. The van der Waals surface area contributed by atoms with Crippen LogP contribution in [0.2, 0.25) is 0 Å². The fourth-order valence-electron chi connectivity index (χ4n) is 4.03. The van der Waals surface area contributed by atoms with E-state index in [1.54, 1.807) is 0 Å². The topological polar surface area (TPSA) is 57.2 Å². The van der Waals surface area contributed by atoms with Crippen LogP contribution < -0.4 is 4.46 Å². The van der Waals surface area contributed by atoms with Crippen LogP contribution in [0.4, 0.5) is 0 Å². The SMILES string of the molecule is O[C@@H]1[C@@H](OCc2ccccc2)[C@@H]2O[C@H](c3ccccc3)OC[C@H]2O[C@H]1[Se]c1ccccc1. The standard InChI is InChI=1S/C26H26O5Se/c27-22-24(28-16-18-10-4-1-5-11-18)23-21(30-26(22)32-20-14-8-3-9-15-20)17-29-25(31-23)19-12-6-2-7-13-19/h1-15,21-27H,16-17H2/t21-,22-,23-,24-,25-,26+/m1/s1. The van der Waals surface area contributed by atoms with Crippen molar-refractivity contribution in [2.75, 3.05) is 6.61 Å². The van der Waals surface area contributed by atoms with Crippen LogP contribution in [0.1, 0.15) is 17.4 Å². The zero-order chi connectivity index (χ0) is 21.8. The van der Waals surface area contributed by atoms with Crippen molar-refractivity contribution in [2.24, 2.45) is 0 Å². The van der Waals surface area contributed by atoms with Crippen molar-refractivity contribution in [3.05, 3.63) is 102 Å². The normalized spacial score (nSPS) is 29.9. The minimum atomic E-state index is -0.797. The van der Waals surface area contributed by atoms with Crippen molar-refractivity contribution in [1.82, 2.24) is 0 Å². The molecule has 2 saturated heterocycles. The number of hydrogen-bond donors (Lipinski definition) is 1. The molecule has 0 amide bonds. The molecule has 0 aliphatic carbocycles. The van der Waals surface area contributed by atoms with Gasteiger partial charge in [0.25, 0.3) is 0 Å². The first-order valence-electron chi connectivity index (χ1n) is 10.8. The Morgan fingerprint density at radius 2 is 1.50 bits per heavy atom. The van der Waals surface area contributed by atoms with Crippen molar-refractivity contribution in [3.63, 3.8) is 0 Å². The summed E-state index contributed by atoms with van der Waals surface area (Å²) >= 11 is -0.0731. The van der Waals surface area contributed by atoms with E-state index in [2.05, 4.69) is 12.1 Å². The quantitative estimate of drug-likeness (QED) is 0.531. The molecule has 2 heterocycles. The molecule has 0 spiro atoms. The van der Waals surface area contributed by atoms with Gasteiger partial charge < -0.3 is 0 Å². The van der Waals surface area contributed by atoms with Gasteiger partial charge in [-0.15, -0.1) is 0 Å². The summed E-state index contributed by atoms with van der Waals surface area (Å²) in [6.07, 6.45) is -2.54. The molecule has 5 rings (SSSR count). The summed E-state index contributed by atoms with van der Waals surface area (Å²) in [4.78, 5) is 0. The van der Waals surface area contributed by atoms with Gasteiger partial charge >= 0.3 is 195 Å². The molecule has 3 aromatic rings. The Morgan fingerprint density at radius 1 is 0.844 bits per heavy atom. The third-order valence-corrected chi connectivity index (χ3v) is 8.11. The van der Waals surface area contributed by atoms with E-state index in [1.165, 1.54) is 4.46 Å². The van der Waals surface area contributed by atoms with E-state index in [-0.39, 0.29) is 26.1 Å². The summed E-state index contributed by atoms with van der Waals surface area (Å²) in [6, 6.07) is 30.0. The molecular weight excluding hydrogens is 471 g/mol. The van der Waals surface area contributed by atoms with E-state index in [0.717, 1.165) is 11.1 Å². The maximum atomic E-state index is 11.3. The van der Waals surface area contributed by atoms with Crippen LogP contribution >= 0.6 is 0 Å². The van der Waals surface area contributed by atoms with Crippen molar-refractivity contribution in [2.45, 2.75) is 42.3 Å². The molecular formula is C26H26O5Se. The molecule has 0 bridgehead atoms. The van der Waals surface area contributed by atoms with Crippen LogP contribution in [0.15, 0.2) is 91.0 Å². The Bertz CT molecular complexity index is 971. The van der Waals surface area contributed by atoms with Crippen molar-refractivity contribution in [1.29, 1.82) is 0 Å². The van der Waals surface area contributed by atoms with Gasteiger partial charge in [0.05, 0.1) is 0 Å². The molecule has 0 saturated carbocycles. The van der Waals surface area contributed by atoms with Gasteiger partial charge in [0.15, 0.2) is 0 Å². The van der Waals surface area contributed by atoms with Crippen molar-refractivity contribution in [3.8, 4) is 0 Å². The number of aliphatic hydroxyl groups is 1.